The average Bonchev–Trinajstić information content (AvgIpc) is 2.95. The van der Waals surface area contributed by atoms with Crippen molar-refractivity contribution in [2.24, 2.45) is 0 Å². The van der Waals surface area contributed by atoms with Crippen LogP contribution in [0, 0.1) is 0 Å². The molecular formula is C30H36N4O6. The Balaban J connectivity index is 1.72. The maximum absolute atomic E-state index is 13.9. The van der Waals surface area contributed by atoms with E-state index < -0.39 is 12.7 Å². The standard InChI is InChI=1S/C30H36N4O6/c1-5-6-11-27(36)39-15-14-33(4)30(38)40-26-17-23-22(16-20(26)19-35)24-18-31-25-10-8-7-9-21(25)28(24)34(29(23)37)13-12-32(2)3/h7-10,16-18,35H,5-6,11-15,19H2,1-4H3. The molecule has 0 saturated heterocycles. The zero-order valence-electron chi connectivity index (χ0n) is 23.5. The molecule has 1 amide bonds. The summed E-state index contributed by atoms with van der Waals surface area (Å²) in [7, 11) is 5.42. The third kappa shape index (κ3) is 6.24. The highest BCUT2D eigenvalue weighted by Crippen LogP contribution is 2.32. The van der Waals surface area contributed by atoms with Gasteiger partial charge in [-0.25, -0.2) is 4.79 Å². The van der Waals surface area contributed by atoms with Crippen molar-refractivity contribution in [3.05, 3.63) is 58.5 Å². The van der Waals surface area contributed by atoms with Gasteiger partial charge in [0.1, 0.15) is 12.4 Å². The molecule has 0 radical (unpaired) electrons. The summed E-state index contributed by atoms with van der Waals surface area (Å²) in [5, 5.41) is 12.7. The molecule has 2 heterocycles. The average molecular weight is 549 g/mol. The quantitative estimate of drug-likeness (QED) is 0.222. The van der Waals surface area contributed by atoms with Crippen LogP contribution in [0.4, 0.5) is 4.79 Å². The highest BCUT2D eigenvalue weighted by atomic mass is 16.6. The van der Waals surface area contributed by atoms with Gasteiger partial charge in [0.15, 0.2) is 0 Å². The third-order valence-electron chi connectivity index (χ3n) is 6.86. The van der Waals surface area contributed by atoms with E-state index in [2.05, 4.69) is 4.98 Å². The normalized spacial score (nSPS) is 11.4. The first kappa shape index (κ1) is 29.0. The molecule has 0 atom stereocenters. The Bertz CT molecular complexity index is 1600. The molecule has 1 N–H and O–H groups in total. The fraction of sp³-hybridized carbons (Fsp3) is 0.400. The Morgan fingerprint density at radius 1 is 1.02 bits per heavy atom. The molecular weight excluding hydrogens is 512 g/mol. The lowest BCUT2D eigenvalue weighted by atomic mass is 10.0. The number of amides is 1. The zero-order valence-corrected chi connectivity index (χ0v) is 23.5. The molecule has 0 unspecified atom stereocenters. The lowest BCUT2D eigenvalue weighted by Gasteiger charge is -2.20. The van der Waals surface area contributed by atoms with Gasteiger partial charge < -0.3 is 28.9 Å². The second-order valence-electron chi connectivity index (χ2n) is 10.1. The van der Waals surface area contributed by atoms with Crippen molar-refractivity contribution in [1.82, 2.24) is 19.4 Å². The summed E-state index contributed by atoms with van der Waals surface area (Å²) < 4.78 is 12.5. The number of rotatable bonds is 11. The highest BCUT2D eigenvalue weighted by Gasteiger charge is 2.20. The maximum Gasteiger partial charge on any atom is 0.415 e. The summed E-state index contributed by atoms with van der Waals surface area (Å²) in [6.45, 7) is 2.86. The van der Waals surface area contributed by atoms with Crippen molar-refractivity contribution in [2.75, 3.05) is 40.8 Å². The number of carbonyl (C=O) groups is 2. The largest absolute Gasteiger partial charge is 0.464 e. The van der Waals surface area contributed by atoms with Crippen LogP contribution < -0.4 is 10.3 Å². The van der Waals surface area contributed by atoms with Gasteiger partial charge in [-0.1, -0.05) is 31.5 Å². The molecule has 0 aliphatic rings. The molecule has 4 rings (SSSR count). The molecule has 0 aliphatic carbocycles. The van der Waals surface area contributed by atoms with Crippen LogP contribution in [-0.4, -0.2) is 77.4 Å². The van der Waals surface area contributed by atoms with Crippen molar-refractivity contribution in [1.29, 1.82) is 0 Å². The molecule has 2 aromatic carbocycles. The van der Waals surface area contributed by atoms with Gasteiger partial charge in [-0.15, -0.1) is 0 Å². The molecule has 0 fully saturated rings. The molecule has 40 heavy (non-hydrogen) atoms. The number of ether oxygens (including phenoxy) is 2. The number of benzene rings is 2. The molecule has 0 aliphatic heterocycles. The van der Waals surface area contributed by atoms with E-state index in [1.165, 1.54) is 18.0 Å². The molecule has 10 heteroatoms. The van der Waals surface area contributed by atoms with Gasteiger partial charge in [0.2, 0.25) is 0 Å². The number of aliphatic hydroxyl groups is 1. The van der Waals surface area contributed by atoms with Crippen LogP contribution in [0.15, 0.2) is 47.4 Å². The predicted octanol–water partition coefficient (Wildman–Crippen LogP) is 3.92. The fourth-order valence-electron chi connectivity index (χ4n) is 4.57. The van der Waals surface area contributed by atoms with Crippen molar-refractivity contribution in [3.8, 4) is 5.75 Å². The fourth-order valence-corrected chi connectivity index (χ4v) is 4.57. The van der Waals surface area contributed by atoms with E-state index in [0.717, 1.165) is 34.6 Å². The molecule has 0 bridgehead atoms. The smallest absolute Gasteiger partial charge is 0.415 e. The van der Waals surface area contributed by atoms with Crippen LogP contribution in [0.2, 0.25) is 0 Å². The summed E-state index contributed by atoms with van der Waals surface area (Å²) in [4.78, 5) is 46.4. The number of unbranched alkanes of at least 4 members (excludes halogenated alkanes) is 1. The Morgan fingerprint density at radius 2 is 1.80 bits per heavy atom. The summed E-state index contributed by atoms with van der Waals surface area (Å²) in [5.41, 5.74) is 1.68. The second kappa shape index (κ2) is 12.9. The van der Waals surface area contributed by atoms with E-state index in [9.17, 15) is 19.5 Å². The van der Waals surface area contributed by atoms with Crippen LogP contribution in [0.5, 0.6) is 5.75 Å². The van der Waals surface area contributed by atoms with Gasteiger partial charge in [0.25, 0.3) is 5.56 Å². The number of para-hydroxylation sites is 1. The van der Waals surface area contributed by atoms with E-state index in [4.69, 9.17) is 9.47 Å². The molecule has 212 valence electrons. The van der Waals surface area contributed by atoms with Crippen molar-refractivity contribution in [3.63, 3.8) is 0 Å². The van der Waals surface area contributed by atoms with Crippen LogP contribution >= 0.6 is 0 Å². The van der Waals surface area contributed by atoms with Gasteiger partial charge in [-0.05, 0) is 44.1 Å². The number of hydrogen-bond acceptors (Lipinski definition) is 8. The van der Waals surface area contributed by atoms with E-state index in [0.29, 0.717) is 35.8 Å². The number of hydrogen-bond donors (Lipinski definition) is 1. The summed E-state index contributed by atoms with van der Waals surface area (Å²) >= 11 is 0. The number of esters is 1. The van der Waals surface area contributed by atoms with E-state index >= 15 is 0 Å². The topological polar surface area (TPSA) is 114 Å². The minimum absolute atomic E-state index is 0.0439. The highest BCUT2D eigenvalue weighted by molar-refractivity contribution is 6.14. The Morgan fingerprint density at radius 3 is 2.52 bits per heavy atom. The number of aliphatic hydroxyl groups excluding tert-OH is 1. The molecule has 10 nitrogen and oxygen atoms in total. The second-order valence-corrected chi connectivity index (χ2v) is 10.1. The van der Waals surface area contributed by atoms with E-state index in [1.807, 2.05) is 50.2 Å². The van der Waals surface area contributed by atoms with Crippen molar-refractivity contribution < 1.29 is 24.2 Å². The minimum Gasteiger partial charge on any atom is -0.464 e. The number of nitrogens with zero attached hydrogens (tertiary/aromatic N) is 4. The number of carbonyl (C=O) groups excluding carboxylic acids is 2. The van der Waals surface area contributed by atoms with Gasteiger partial charge >= 0.3 is 12.1 Å². The summed E-state index contributed by atoms with van der Waals surface area (Å²) in [6.07, 6.45) is 3.03. The van der Waals surface area contributed by atoms with Gasteiger partial charge in [0.05, 0.1) is 29.6 Å². The summed E-state index contributed by atoms with van der Waals surface area (Å²) in [5.74, 6) is -0.211. The number of aromatic nitrogens is 2. The van der Waals surface area contributed by atoms with Gasteiger partial charge in [-0.3, -0.25) is 14.6 Å². The Hall–Kier alpha value is -4.02. The van der Waals surface area contributed by atoms with Crippen LogP contribution in [0.25, 0.3) is 32.6 Å². The number of pyridine rings is 2. The third-order valence-corrected chi connectivity index (χ3v) is 6.86. The molecule has 4 aromatic rings. The Kier molecular flexibility index (Phi) is 9.34. The van der Waals surface area contributed by atoms with Crippen LogP contribution in [-0.2, 0) is 22.7 Å². The molecule has 0 saturated carbocycles. The monoisotopic (exact) mass is 548 g/mol. The van der Waals surface area contributed by atoms with Crippen LogP contribution in [0.1, 0.15) is 31.7 Å². The lowest BCUT2D eigenvalue weighted by molar-refractivity contribution is -0.144. The van der Waals surface area contributed by atoms with Crippen molar-refractivity contribution >= 4 is 44.6 Å². The minimum atomic E-state index is -0.694. The van der Waals surface area contributed by atoms with E-state index in [-0.39, 0.29) is 30.4 Å². The SMILES string of the molecule is CCCCC(=O)OCCN(C)C(=O)Oc1cc2c(=O)n(CCN(C)C)c3c4ccccc4ncc3c2cc1CO. The first-order valence-corrected chi connectivity index (χ1v) is 13.5. The molecule has 0 spiro atoms. The zero-order chi connectivity index (χ0) is 28.8. The van der Waals surface area contributed by atoms with Crippen LogP contribution in [0.3, 0.4) is 0 Å². The summed E-state index contributed by atoms with van der Waals surface area (Å²) in [6, 6.07) is 10.9. The first-order chi connectivity index (χ1) is 19.2. The number of fused-ring (bicyclic) bond motifs is 5. The van der Waals surface area contributed by atoms with Gasteiger partial charge in [-0.2, -0.15) is 0 Å². The number of likely N-dealkylation sites (N-methyl/N-ethyl adjacent to an activating group) is 2. The predicted molar refractivity (Wildman–Crippen MR) is 155 cm³/mol. The lowest BCUT2D eigenvalue weighted by Crippen LogP contribution is -2.33. The maximum atomic E-state index is 13.9. The molecule has 2 aromatic heterocycles. The Labute approximate surface area is 232 Å². The van der Waals surface area contributed by atoms with E-state index in [1.54, 1.807) is 16.8 Å². The van der Waals surface area contributed by atoms with Crippen molar-refractivity contribution in [2.45, 2.75) is 39.3 Å². The van der Waals surface area contributed by atoms with Gasteiger partial charge in [0, 0.05) is 49.1 Å². The first-order valence-electron chi connectivity index (χ1n) is 13.5.